The number of aromatic nitrogens is 1. The Kier molecular flexibility index (Phi) is 3.89. The van der Waals surface area contributed by atoms with Gasteiger partial charge in [-0.2, -0.15) is 0 Å². The van der Waals surface area contributed by atoms with E-state index in [9.17, 15) is 10.2 Å². The second-order valence-electron chi connectivity index (χ2n) is 10.6. The first-order chi connectivity index (χ1) is 13.2. The Hall–Kier alpha value is -1.36. The van der Waals surface area contributed by atoms with Crippen LogP contribution in [0, 0.1) is 17.8 Å². The van der Waals surface area contributed by atoms with Gasteiger partial charge in [0.1, 0.15) is 6.23 Å². The number of nitrogens with zero attached hydrogens (tertiary/aromatic N) is 1. The summed E-state index contributed by atoms with van der Waals surface area (Å²) in [7, 11) is 1.80. The third kappa shape index (κ3) is 2.34. The van der Waals surface area contributed by atoms with Crippen LogP contribution in [0.1, 0.15) is 69.5 Å². The van der Waals surface area contributed by atoms with Crippen molar-refractivity contribution in [3.63, 3.8) is 0 Å². The molecule has 1 saturated carbocycles. The summed E-state index contributed by atoms with van der Waals surface area (Å²) in [6.07, 6.45) is 3.03. The first-order valence-corrected chi connectivity index (χ1v) is 10.7. The molecule has 1 unspecified atom stereocenters. The molecule has 3 aliphatic rings. The molecule has 2 aromatic rings. The zero-order chi connectivity index (χ0) is 20.0. The van der Waals surface area contributed by atoms with E-state index in [0.29, 0.717) is 17.8 Å². The Morgan fingerprint density at radius 2 is 2.04 bits per heavy atom. The zero-order valence-corrected chi connectivity index (χ0v) is 17.7. The highest BCUT2D eigenvalue weighted by Gasteiger charge is 2.54. The van der Waals surface area contributed by atoms with Crippen molar-refractivity contribution < 1.29 is 14.9 Å². The van der Waals surface area contributed by atoms with Crippen molar-refractivity contribution in [1.82, 2.24) is 4.57 Å². The van der Waals surface area contributed by atoms with Crippen molar-refractivity contribution in [2.45, 2.75) is 70.1 Å². The third-order valence-corrected chi connectivity index (χ3v) is 8.08. The molecular formula is C24H33NO3. The molecule has 5 atom stereocenters. The number of ether oxygens (including phenoxy) is 1. The molecule has 4 heteroatoms. The van der Waals surface area contributed by atoms with Crippen LogP contribution in [0.4, 0.5) is 0 Å². The maximum atomic E-state index is 10.8. The molecule has 1 aliphatic heterocycles. The molecule has 4 nitrogen and oxygen atoms in total. The molecular weight excluding hydrogens is 350 g/mol. The van der Waals surface area contributed by atoms with Gasteiger partial charge >= 0.3 is 0 Å². The first kappa shape index (κ1) is 18.7. The second-order valence-corrected chi connectivity index (χ2v) is 10.6. The largest absolute Gasteiger partial charge is 0.396 e. The van der Waals surface area contributed by atoms with Gasteiger partial charge in [0, 0.05) is 36.6 Å². The van der Waals surface area contributed by atoms with Crippen molar-refractivity contribution in [2.75, 3.05) is 13.7 Å². The standard InChI is InChI=1S/C24H33NO3/c1-23(2)11-20(28-5)25-18-7-6-13-8-14(12-26)15-9-17(24(3,4)27)22(15)21(13)16(18)10-19(23)25/h6-7,10,14-15,17,20,22,26-27H,8-9,11-12H2,1-5H3/t14-,15-,17+,20?,22+/m1/s1. The van der Waals surface area contributed by atoms with Gasteiger partial charge in [-0.3, -0.25) is 0 Å². The number of rotatable bonds is 3. The van der Waals surface area contributed by atoms with E-state index in [4.69, 9.17) is 4.74 Å². The molecule has 1 fully saturated rings. The lowest BCUT2D eigenvalue weighted by atomic mass is 9.49. The van der Waals surface area contributed by atoms with E-state index in [1.54, 1.807) is 7.11 Å². The Balaban J connectivity index is 1.73. The van der Waals surface area contributed by atoms with Crippen molar-refractivity contribution in [1.29, 1.82) is 0 Å². The molecule has 0 spiro atoms. The van der Waals surface area contributed by atoms with Crippen LogP contribution in [0.3, 0.4) is 0 Å². The summed E-state index contributed by atoms with van der Waals surface area (Å²) >= 11 is 0. The number of aliphatic hydroxyl groups is 2. The molecule has 5 rings (SSSR count). The molecule has 0 radical (unpaired) electrons. The number of hydrogen-bond donors (Lipinski definition) is 2. The van der Waals surface area contributed by atoms with E-state index in [1.165, 1.54) is 27.7 Å². The summed E-state index contributed by atoms with van der Waals surface area (Å²) in [6, 6.07) is 6.91. The highest BCUT2D eigenvalue weighted by Crippen LogP contribution is 2.60. The summed E-state index contributed by atoms with van der Waals surface area (Å²) in [5, 5.41) is 22.1. The van der Waals surface area contributed by atoms with Crippen LogP contribution < -0.4 is 0 Å². The van der Waals surface area contributed by atoms with E-state index < -0.39 is 5.60 Å². The summed E-state index contributed by atoms with van der Waals surface area (Å²) in [5.41, 5.74) is 4.78. The summed E-state index contributed by atoms with van der Waals surface area (Å²) in [4.78, 5) is 0. The second kappa shape index (κ2) is 5.84. The molecule has 152 valence electrons. The monoisotopic (exact) mass is 383 g/mol. The molecule has 2 N–H and O–H groups in total. The summed E-state index contributed by atoms with van der Waals surface area (Å²) in [6.45, 7) is 8.73. The Morgan fingerprint density at radius 1 is 1.29 bits per heavy atom. The first-order valence-electron chi connectivity index (χ1n) is 10.7. The van der Waals surface area contributed by atoms with Gasteiger partial charge < -0.3 is 19.5 Å². The molecule has 1 aromatic carbocycles. The van der Waals surface area contributed by atoms with E-state index in [0.717, 1.165) is 19.3 Å². The van der Waals surface area contributed by atoms with E-state index >= 15 is 0 Å². The summed E-state index contributed by atoms with van der Waals surface area (Å²) in [5.74, 6) is 1.36. The Labute approximate surface area is 167 Å². The highest BCUT2D eigenvalue weighted by atomic mass is 16.5. The normalized spacial score (nSPS) is 33.3. The van der Waals surface area contributed by atoms with Crippen LogP contribution in [0.2, 0.25) is 0 Å². The van der Waals surface area contributed by atoms with Gasteiger partial charge in [0.2, 0.25) is 0 Å². The van der Waals surface area contributed by atoms with Crippen LogP contribution in [0.5, 0.6) is 0 Å². The van der Waals surface area contributed by atoms with Crippen LogP contribution in [-0.2, 0) is 16.6 Å². The quantitative estimate of drug-likeness (QED) is 0.838. The van der Waals surface area contributed by atoms with Gasteiger partial charge in [0.15, 0.2) is 0 Å². The van der Waals surface area contributed by atoms with Crippen molar-refractivity contribution in [3.05, 3.63) is 35.0 Å². The molecule has 1 aromatic heterocycles. The molecule has 0 bridgehead atoms. The average molecular weight is 384 g/mol. The lowest BCUT2D eigenvalue weighted by Crippen LogP contribution is -2.52. The lowest BCUT2D eigenvalue weighted by Gasteiger charge is -2.56. The Morgan fingerprint density at radius 3 is 2.68 bits per heavy atom. The third-order valence-electron chi connectivity index (χ3n) is 8.08. The fraction of sp³-hybridized carbons (Fsp3) is 0.667. The van der Waals surface area contributed by atoms with Crippen molar-refractivity contribution >= 4 is 10.9 Å². The number of hydrogen-bond acceptors (Lipinski definition) is 3. The summed E-state index contributed by atoms with van der Waals surface area (Å²) < 4.78 is 8.23. The zero-order valence-electron chi connectivity index (χ0n) is 17.7. The number of methoxy groups -OCH3 is 1. The molecule has 28 heavy (non-hydrogen) atoms. The number of aliphatic hydroxyl groups excluding tert-OH is 1. The minimum atomic E-state index is -0.700. The highest BCUT2D eigenvalue weighted by molar-refractivity contribution is 5.88. The van der Waals surface area contributed by atoms with E-state index in [1.807, 2.05) is 13.8 Å². The smallest absolute Gasteiger partial charge is 0.134 e. The van der Waals surface area contributed by atoms with Crippen molar-refractivity contribution in [2.24, 2.45) is 17.8 Å². The fourth-order valence-corrected chi connectivity index (χ4v) is 6.54. The van der Waals surface area contributed by atoms with Gasteiger partial charge in [-0.15, -0.1) is 0 Å². The van der Waals surface area contributed by atoms with Crippen molar-refractivity contribution in [3.8, 4) is 0 Å². The minimum absolute atomic E-state index is 0.0802. The van der Waals surface area contributed by atoms with Crippen LogP contribution in [0.15, 0.2) is 18.2 Å². The molecule has 0 amide bonds. The maximum absolute atomic E-state index is 10.8. The SMILES string of the molecule is COC1CC(C)(C)c2cc3c4c(ccc3n21)C[C@H](CO)[C@H]1C[C@H](C(C)(C)O)[C@@H]41. The maximum Gasteiger partial charge on any atom is 0.134 e. The molecule has 0 saturated heterocycles. The molecule has 2 aliphatic carbocycles. The van der Waals surface area contributed by atoms with Gasteiger partial charge in [0.25, 0.3) is 0 Å². The predicted molar refractivity (Wildman–Crippen MR) is 111 cm³/mol. The fourth-order valence-electron chi connectivity index (χ4n) is 6.54. The average Bonchev–Trinajstić information content (AvgIpc) is 3.09. The van der Waals surface area contributed by atoms with E-state index in [-0.39, 0.29) is 24.2 Å². The lowest BCUT2D eigenvalue weighted by molar-refractivity contribution is -0.0857. The van der Waals surface area contributed by atoms with Gasteiger partial charge in [-0.25, -0.2) is 0 Å². The number of benzene rings is 1. The van der Waals surface area contributed by atoms with Crippen LogP contribution in [0.25, 0.3) is 10.9 Å². The predicted octanol–water partition coefficient (Wildman–Crippen LogP) is 4.12. The topological polar surface area (TPSA) is 54.6 Å². The molecule has 2 heterocycles. The van der Waals surface area contributed by atoms with Gasteiger partial charge in [-0.05, 0) is 73.6 Å². The Bertz CT molecular complexity index is 935. The number of fused-ring (bicyclic) bond motifs is 7. The minimum Gasteiger partial charge on any atom is -0.396 e. The van der Waals surface area contributed by atoms with Gasteiger partial charge in [0.05, 0.1) is 11.1 Å². The van der Waals surface area contributed by atoms with Crippen LogP contribution in [-0.4, -0.2) is 34.1 Å². The van der Waals surface area contributed by atoms with E-state index in [2.05, 4.69) is 36.6 Å². The van der Waals surface area contributed by atoms with Crippen LogP contribution >= 0.6 is 0 Å². The van der Waals surface area contributed by atoms with Gasteiger partial charge in [-0.1, -0.05) is 19.9 Å².